The van der Waals surface area contributed by atoms with Crippen molar-refractivity contribution in [3.8, 4) is 0 Å². The van der Waals surface area contributed by atoms with Crippen LogP contribution in [-0.4, -0.2) is 14.9 Å². The summed E-state index contributed by atoms with van der Waals surface area (Å²) in [5, 5.41) is 14.6. The number of nitrogens with zero attached hydrogens (tertiary/aromatic N) is 2. The van der Waals surface area contributed by atoms with Gasteiger partial charge in [-0.3, -0.25) is 4.68 Å². The highest BCUT2D eigenvalue weighted by Gasteiger charge is 2.18. The van der Waals surface area contributed by atoms with E-state index in [1.165, 1.54) is 0 Å². The lowest BCUT2D eigenvalue weighted by Crippen LogP contribution is -1.99. The summed E-state index contributed by atoms with van der Waals surface area (Å²) in [6, 6.07) is 0. The summed E-state index contributed by atoms with van der Waals surface area (Å²) in [4.78, 5) is 0. The van der Waals surface area contributed by atoms with Crippen molar-refractivity contribution in [2.45, 2.75) is 39.2 Å². The maximum atomic E-state index is 9.89. The molecule has 0 aliphatic carbocycles. The van der Waals surface area contributed by atoms with E-state index in [2.05, 4.69) is 12.0 Å². The summed E-state index contributed by atoms with van der Waals surface area (Å²) in [6.45, 7) is 3.97. The number of aliphatic hydroxyl groups excluding tert-OH is 1. The van der Waals surface area contributed by atoms with E-state index < -0.39 is 6.10 Å². The summed E-state index contributed by atoms with van der Waals surface area (Å²) < 4.78 is 1.60. The fraction of sp³-hybridized carbons (Fsp3) is 0.700. The van der Waals surface area contributed by atoms with Gasteiger partial charge in [0.25, 0.3) is 0 Å². The maximum absolute atomic E-state index is 9.89. The molecule has 4 heteroatoms. The molecule has 0 saturated heterocycles. The molecule has 0 aliphatic rings. The molecule has 14 heavy (non-hydrogen) atoms. The Hall–Kier alpha value is -0.540. The smallest absolute Gasteiger partial charge is 0.132 e. The monoisotopic (exact) mass is 216 g/mol. The Morgan fingerprint density at radius 1 is 1.57 bits per heavy atom. The number of hydrogen-bond acceptors (Lipinski definition) is 2. The first-order valence-corrected chi connectivity index (χ1v) is 5.32. The second-order valence-electron chi connectivity index (χ2n) is 3.57. The van der Waals surface area contributed by atoms with Gasteiger partial charge in [0.2, 0.25) is 0 Å². The number of unbranched alkanes of at least 4 members (excludes halogenated alkanes) is 1. The summed E-state index contributed by atoms with van der Waals surface area (Å²) in [5.41, 5.74) is 1.60. The third kappa shape index (κ3) is 2.28. The highest BCUT2D eigenvalue weighted by Crippen LogP contribution is 2.28. The third-order valence-electron chi connectivity index (χ3n) is 2.36. The summed E-state index contributed by atoms with van der Waals surface area (Å²) in [6.07, 6.45) is 2.36. The number of halogens is 1. The van der Waals surface area contributed by atoms with Crippen molar-refractivity contribution < 1.29 is 5.11 Å². The first-order valence-electron chi connectivity index (χ1n) is 4.95. The van der Waals surface area contributed by atoms with Crippen LogP contribution >= 0.6 is 11.6 Å². The average molecular weight is 217 g/mol. The van der Waals surface area contributed by atoms with Gasteiger partial charge in [-0.1, -0.05) is 31.4 Å². The minimum absolute atomic E-state index is 0.476. The third-order valence-corrected chi connectivity index (χ3v) is 2.81. The van der Waals surface area contributed by atoms with Crippen molar-refractivity contribution in [3.63, 3.8) is 0 Å². The SMILES string of the molecule is CCCCC(O)c1c(C)nn(C)c1Cl. The van der Waals surface area contributed by atoms with Gasteiger partial charge in [-0.15, -0.1) is 0 Å². The maximum Gasteiger partial charge on any atom is 0.132 e. The standard InChI is InChI=1S/C10H17ClN2O/c1-4-5-6-8(14)9-7(2)12-13(3)10(9)11/h8,14H,4-6H2,1-3H3. The summed E-state index contributed by atoms with van der Waals surface area (Å²) >= 11 is 6.03. The quantitative estimate of drug-likeness (QED) is 0.840. The molecule has 0 radical (unpaired) electrons. The van der Waals surface area contributed by atoms with Crippen LogP contribution in [0.3, 0.4) is 0 Å². The van der Waals surface area contributed by atoms with Gasteiger partial charge in [-0.2, -0.15) is 5.10 Å². The molecule has 1 heterocycles. The van der Waals surface area contributed by atoms with Crippen molar-refractivity contribution >= 4 is 11.6 Å². The van der Waals surface area contributed by atoms with E-state index in [0.717, 1.165) is 30.5 Å². The normalized spacial score (nSPS) is 13.2. The number of aromatic nitrogens is 2. The van der Waals surface area contributed by atoms with E-state index in [0.29, 0.717) is 5.15 Å². The predicted molar refractivity (Wildman–Crippen MR) is 57.4 cm³/mol. The van der Waals surface area contributed by atoms with Gasteiger partial charge < -0.3 is 5.11 Å². The van der Waals surface area contributed by atoms with E-state index in [1.54, 1.807) is 11.7 Å². The topological polar surface area (TPSA) is 38.1 Å². The lowest BCUT2D eigenvalue weighted by Gasteiger charge is -2.09. The zero-order valence-corrected chi connectivity index (χ0v) is 9.67. The van der Waals surface area contributed by atoms with Crippen LogP contribution in [0, 0.1) is 6.92 Å². The van der Waals surface area contributed by atoms with Crippen LogP contribution in [0.4, 0.5) is 0 Å². The molecule has 0 aromatic carbocycles. The van der Waals surface area contributed by atoms with Crippen LogP contribution in [0.1, 0.15) is 43.5 Å². The van der Waals surface area contributed by atoms with Crippen molar-refractivity contribution in [3.05, 3.63) is 16.4 Å². The van der Waals surface area contributed by atoms with E-state index in [1.807, 2.05) is 6.92 Å². The lowest BCUT2D eigenvalue weighted by atomic mass is 10.1. The molecule has 80 valence electrons. The fourth-order valence-corrected chi connectivity index (χ4v) is 1.87. The molecule has 1 atom stereocenters. The molecule has 1 aromatic heterocycles. The first-order chi connectivity index (χ1) is 6.57. The highest BCUT2D eigenvalue weighted by molar-refractivity contribution is 6.30. The van der Waals surface area contributed by atoms with Crippen LogP contribution in [0.2, 0.25) is 5.15 Å². The van der Waals surface area contributed by atoms with E-state index >= 15 is 0 Å². The van der Waals surface area contributed by atoms with Crippen LogP contribution in [0.15, 0.2) is 0 Å². The number of aryl methyl sites for hydroxylation is 2. The van der Waals surface area contributed by atoms with Gasteiger partial charge in [0.15, 0.2) is 0 Å². The molecule has 1 rings (SSSR count). The lowest BCUT2D eigenvalue weighted by molar-refractivity contribution is 0.163. The molecule has 0 aliphatic heterocycles. The van der Waals surface area contributed by atoms with Gasteiger partial charge in [0.05, 0.1) is 11.8 Å². The Kier molecular flexibility index (Phi) is 3.96. The Morgan fingerprint density at radius 2 is 2.21 bits per heavy atom. The predicted octanol–water partition coefficient (Wildman–Crippen LogP) is 2.61. The summed E-state index contributed by atoms with van der Waals surface area (Å²) in [5.74, 6) is 0. The molecule has 0 spiro atoms. The molecule has 1 aromatic rings. The molecule has 1 unspecified atom stereocenters. The molecule has 3 nitrogen and oxygen atoms in total. The first kappa shape index (κ1) is 11.5. The minimum atomic E-state index is -0.476. The van der Waals surface area contributed by atoms with Crippen LogP contribution in [0.5, 0.6) is 0 Å². The van der Waals surface area contributed by atoms with E-state index in [4.69, 9.17) is 11.6 Å². The van der Waals surface area contributed by atoms with Crippen molar-refractivity contribution in [2.75, 3.05) is 0 Å². The molecule has 1 N–H and O–H groups in total. The zero-order chi connectivity index (χ0) is 10.7. The van der Waals surface area contributed by atoms with Crippen LogP contribution in [0.25, 0.3) is 0 Å². The van der Waals surface area contributed by atoms with Gasteiger partial charge in [0, 0.05) is 12.6 Å². The minimum Gasteiger partial charge on any atom is -0.388 e. The highest BCUT2D eigenvalue weighted by atomic mass is 35.5. The molecular weight excluding hydrogens is 200 g/mol. The number of hydrogen-bond donors (Lipinski definition) is 1. The Labute approximate surface area is 89.7 Å². The molecular formula is C10H17ClN2O. The van der Waals surface area contributed by atoms with E-state index in [9.17, 15) is 5.11 Å². The fourth-order valence-electron chi connectivity index (χ4n) is 1.57. The largest absolute Gasteiger partial charge is 0.388 e. The Morgan fingerprint density at radius 3 is 2.64 bits per heavy atom. The summed E-state index contributed by atoms with van der Waals surface area (Å²) in [7, 11) is 1.78. The van der Waals surface area contributed by atoms with Crippen molar-refractivity contribution in [2.24, 2.45) is 7.05 Å². The van der Waals surface area contributed by atoms with Crippen molar-refractivity contribution in [1.82, 2.24) is 9.78 Å². The average Bonchev–Trinajstić information content (AvgIpc) is 2.38. The molecule has 0 amide bonds. The van der Waals surface area contributed by atoms with Crippen molar-refractivity contribution in [1.29, 1.82) is 0 Å². The molecule has 0 bridgehead atoms. The number of aliphatic hydroxyl groups is 1. The molecule has 0 fully saturated rings. The van der Waals surface area contributed by atoms with Gasteiger partial charge in [-0.25, -0.2) is 0 Å². The van der Waals surface area contributed by atoms with Gasteiger partial charge in [0.1, 0.15) is 5.15 Å². The second kappa shape index (κ2) is 4.80. The second-order valence-corrected chi connectivity index (χ2v) is 3.93. The van der Waals surface area contributed by atoms with Crippen LogP contribution in [-0.2, 0) is 7.05 Å². The zero-order valence-electron chi connectivity index (χ0n) is 8.92. The van der Waals surface area contributed by atoms with E-state index in [-0.39, 0.29) is 0 Å². The Bertz CT molecular complexity index is 309. The number of rotatable bonds is 4. The Balaban J connectivity index is 2.83. The van der Waals surface area contributed by atoms with Crippen LogP contribution < -0.4 is 0 Å². The van der Waals surface area contributed by atoms with Gasteiger partial charge in [-0.05, 0) is 13.3 Å². The van der Waals surface area contributed by atoms with Gasteiger partial charge >= 0.3 is 0 Å². The molecule has 0 saturated carbocycles.